The minimum atomic E-state index is -0.0206. The number of ether oxygens (including phenoxy) is 2. The number of hydrogen-bond acceptors (Lipinski definition) is 4. The van der Waals surface area contributed by atoms with E-state index in [4.69, 9.17) is 9.47 Å². The van der Waals surface area contributed by atoms with Crippen molar-refractivity contribution in [3.8, 4) is 0 Å². The lowest BCUT2D eigenvalue weighted by Gasteiger charge is -2.22. The first-order chi connectivity index (χ1) is 6.69. The zero-order valence-corrected chi connectivity index (χ0v) is 9.28. The minimum absolute atomic E-state index is 0.0206. The normalized spacial score (nSPS) is 26.6. The molecule has 2 atom stereocenters. The molecule has 1 rings (SSSR count). The second-order valence-electron chi connectivity index (χ2n) is 3.15. The van der Waals surface area contributed by atoms with Crippen LogP contribution in [0, 0.1) is 0 Å². The monoisotopic (exact) mass is 198 g/mol. The van der Waals surface area contributed by atoms with Gasteiger partial charge in [0.1, 0.15) is 12.1 Å². The standard InChI is InChI=1S/C10H18N2O2/c1-5-13-9-7(3)12-10(14-6-2)8(4)11-9/h7-8H,5-6H2,1-4H3. The number of hydrogen-bond donors (Lipinski definition) is 0. The van der Waals surface area contributed by atoms with Gasteiger partial charge in [0.2, 0.25) is 11.8 Å². The summed E-state index contributed by atoms with van der Waals surface area (Å²) in [4.78, 5) is 8.78. The van der Waals surface area contributed by atoms with Crippen LogP contribution in [-0.2, 0) is 9.47 Å². The molecule has 0 N–H and O–H groups in total. The molecule has 80 valence electrons. The Morgan fingerprint density at radius 2 is 1.29 bits per heavy atom. The first kappa shape index (κ1) is 11.0. The lowest BCUT2D eigenvalue weighted by Crippen LogP contribution is -2.32. The average Bonchev–Trinajstić information content (AvgIpc) is 2.14. The molecule has 14 heavy (non-hydrogen) atoms. The Balaban J connectivity index is 2.68. The van der Waals surface area contributed by atoms with Crippen LogP contribution in [-0.4, -0.2) is 37.1 Å². The van der Waals surface area contributed by atoms with Gasteiger partial charge in [-0.15, -0.1) is 0 Å². The van der Waals surface area contributed by atoms with Crippen LogP contribution in [0.4, 0.5) is 0 Å². The first-order valence-electron chi connectivity index (χ1n) is 5.10. The molecule has 1 heterocycles. The molecule has 0 bridgehead atoms. The van der Waals surface area contributed by atoms with E-state index in [1.54, 1.807) is 0 Å². The molecule has 0 spiro atoms. The van der Waals surface area contributed by atoms with Crippen LogP contribution in [0.25, 0.3) is 0 Å². The van der Waals surface area contributed by atoms with Gasteiger partial charge >= 0.3 is 0 Å². The molecule has 0 aliphatic carbocycles. The van der Waals surface area contributed by atoms with E-state index in [-0.39, 0.29) is 12.1 Å². The van der Waals surface area contributed by atoms with Gasteiger partial charge in [-0.25, -0.2) is 9.98 Å². The first-order valence-corrected chi connectivity index (χ1v) is 5.10. The van der Waals surface area contributed by atoms with E-state index in [1.165, 1.54) is 0 Å². The third-order valence-electron chi connectivity index (χ3n) is 1.94. The predicted octanol–water partition coefficient (Wildman–Crippen LogP) is 1.65. The zero-order chi connectivity index (χ0) is 10.6. The molecule has 0 radical (unpaired) electrons. The Morgan fingerprint density at radius 3 is 1.57 bits per heavy atom. The number of rotatable bonds is 2. The Hall–Kier alpha value is -1.06. The van der Waals surface area contributed by atoms with Crippen molar-refractivity contribution in [1.29, 1.82) is 0 Å². The molecule has 0 aromatic heterocycles. The van der Waals surface area contributed by atoms with Crippen molar-refractivity contribution in [3.05, 3.63) is 0 Å². The molecule has 0 fully saturated rings. The maximum atomic E-state index is 5.38. The highest BCUT2D eigenvalue weighted by molar-refractivity contribution is 5.93. The number of aliphatic imine (C=N–C) groups is 2. The van der Waals surface area contributed by atoms with Crippen molar-refractivity contribution < 1.29 is 9.47 Å². The van der Waals surface area contributed by atoms with E-state index in [2.05, 4.69) is 9.98 Å². The summed E-state index contributed by atoms with van der Waals surface area (Å²) in [6, 6.07) is -0.0413. The zero-order valence-electron chi connectivity index (χ0n) is 9.28. The molecule has 4 nitrogen and oxygen atoms in total. The van der Waals surface area contributed by atoms with Crippen molar-refractivity contribution in [1.82, 2.24) is 0 Å². The largest absolute Gasteiger partial charge is 0.480 e. The van der Waals surface area contributed by atoms with E-state index >= 15 is 0 Å². The second-order valence-corrected chi connectivity index (χ2v) is 3.15. The highest BCUT2D eigenvalue weighted by atomic mass is 16.5. The minimum Gasteiger partial charge on any atom is -0.480 e. The molecule has 2 unspecified atom stereocenters. The SMILES string of the molecule is CCOC1=NC(C)C(OCC)=NC1C. The van der Waals surface area contributed by atoms with E-state index in [9.17, 15) is 0 Å². The smallest absolute Gasteiger partial charge is 0.209 e. The second kappa shape index (κ2) is 4.98. The third kappa shape index (κ3) is 2.47. The van der Waals surface area contributed by atoms with Crippen molar-refractivity contribution in [3.63, 3.8) is 0 Å². The molecular formula is C10H18N2O2. The maximum Gasteiger partial charge on any atom is 0.209 e. The molecule has 0 amide bonds. The van der Waals surface area contributed by atoms with Gasteiger partial charge in [0.25, 0.3) is 0 Å². The van der Waals surface area contributed by atoms with Crippen LogP contribution in [0.2, 0.25) is 0 Å². The van der Waals surface area contributed by atoms with Gasteiger partial charge < -0.3 is 9.47 Å². The lowest BCUT2D eigenvalue weighted by atomic mass is 10.2. The topological polar surface area (TPSA) is 43.2 Å². The molecule has 4 heteroatoms. The van der Waals surface area contributed by atoms with Crippen LogP contribution >= 0.6 is 0 Å². The fourth-order valence-electron chi connectivity index (χ4n) is 1.32. The fourth-order valence-corrected chi connectivity index (χ4v) is 1.32. The van der Waals surface area contributed by atoms with Crippen LogP contribution in [0.15, 0.2) is 9.98 Å². The van der Waals surface area contributed by atoms with E-state index in [0.29, 0.717) is 25.0 Å². The Labute approximate surface area is 85.0 Å². The van der Waals surface area contributed by atoms with Crippen molar-refractivity contribution >= 4 is 11.8 Å². The fraction of sp³-hybridized carbons (Fsp3) is 0.800. The molecule has 0 saturated carbocycles. The predicted molar refractivity (Wildman–Crippen MR) is 57.0 cm³/mol. The Kier molecular flexibility index (Phi) is 3.92. The van der Waals surface area contributed by atoms with Crippen LogP contribution in [0.5, 0.6) is 0 Å². The van der Waals surface area contributed by atoms with Crippen molar-refractivity contribution in [2.75, 3.05) is 13.2 Å². The van der Waals surface area contributed by atoms with Gasteiger partial charge in [-0.05, 0) is 27.7 Å². The van der Waals surface area contributed by atoms with E-state index in [0.717, 1.165) is 0 Å². The molecule has 0 aromatic rings. The van der Waals surface area contributed by atoms with Gasteiger partial charge in [-0.2, -0.15) is 0 Å². The quantitative estimate of drug-likeness (QED) is 0.677. The lowest BCUT2D eigenvalue weighted by molar-refractivity contribution is 0.288. The molecular weight excluding hydrogens is 180 g/mol. The van der Waals surface area contributed by atoms with Crippen molar-refractivity contribution in [2.24, 2.45) is 9.98 Å². The van der Waals surface area contributed by atoms with Gasteiger partial charge in [0.15, 0.2) is 0 Å². The summed E-state index contributed by atoms with van der Waals surface area (Å²) in [6.45, 7) is 9.08. The van der Waals surface area contributed by atoms with Gasteiger partial charge in [0, 0.05) is 0 Å². The van der Waals surface area contributed by atoms with Gasteiger partial charge in [-0.1, -0.05) is 0 Å². The Morgan fingerprint density at radius 1 is 0.929 bits per heavy atom. The maximum absolute atomic E-state index is 5.38. The molecule has 1 aliphatic heterocycles. The van der Waals surface area contributed by atoms with Gasteiger partial charge in [0.05, 0.1) is 13.2 Å². The highest BCUT2D eigenvalue weighted by Crippen LogP contribution is 2.10. The third-order valence-corrected chi connectivity index (χ3v) is 1.94. The van der Waals surface area contributed by atoms with Crippen molar-refractivity contribution in [2.45, 2.75) is 39.8 Å². The van der Waals surface area contributed by atoms with Crippen LogP contribution < -0.4 is 0 Å². The summed E-state index contributed by atoms with van der Waals surface area (Å²) in [7, 11) is 0. The number of nitrogens with zero attached hydrogens (tertiary/aromatic N) is 2. The van der Waals surface area contributed by atoms with E-state index < -0.39 is 0 Å². The average molecular weight is 198 g/mol. The summed E-state index contributed by atoms with van der Waals surface area (Å²) >= 11 is 0. The molecule has 1 aliphatic rings. The van der Waals surface area contributed by atoms with Crippen LogP contribution in [0.3, 0.4) is 0 Å². The van der Waals surface area contributed by atoms with Gasteiger partial charge in [-0.3, -0.25) is 0 Å². The molecule has 0 saturated heterocycles. The summed E-state index contributed by atoms with van der Waals surface area (Å²) in [6.07, 6.45) is 0. The molecule has 0 aromatic carbocycles. The van der Waals surface area contributed by atoms with Crippen LogP contribution in [0.1, 0.15) is 27.7 Å². The summed E-state index contributed by atoms with van der Waals surface area (Å²) in [5.74, 6) is 1.42. The summed E-state index contributed by atoms with van der Waals surface area (Å²) in [5, 5.41) is 0. The van der Waals surface area contributed by atoms with E-state index in [1.807, 2.05) is 27.7 Å². The highest BCUT2D eigenvalue weighted by Gasteiger charge is 2.23. The summed E-state index contributed by atoms with van der Waals surface area (Å²) < 4.78 is 10.8. The summed E-state index contributed by atoms with van der Waals surface area (Å²) in [5.41, 5.74) is 0. The Bertz CT molecular complexity index is 223.